The average molecular weight is 497 g/mol. The lowest BCUT2D eigenvalue weighted by atomic mass is 10.00. The highest BCUT2D eigenvalue weighted by molar-refractivity contribution is 14.0. The van der Waals surface area contributed by atoms with E-state index in [-0.39, 0.29) is 24.0 Å². The predicted molar refractivity (Wildman–Crippen MR) is 120 cm³/mol. The summed E-state index contributed by atoms with van der Waals surface area (Å²) in [5, 5.41) is 11.4. The van der Waals surface area contributed by atoms with Gasteiger partial charge in [-0.1, -0.05) is 48.0 Å². The van der Waals surface area contributed by atoms with Gasteiger partial charge in [-0.2, -0.15) is 5.10 Å². The second kappa shape index (κ2) is 10.3. The maximum Gasteiger partial charge on any atom is 0.191 e. The Labute approximate surface area is 181 Å². The molecule has 3 rings (SSSR count). The first-order valence-electron chi connectivity index (χ1n) is 8.28. The molecule has 0 aliphatic heterocycles. The molecule has 8 heteroatoms. The third-order valence-corrected chi connectivity index (χ3v) is 4.31. The first-order chi connectivity index (χ1) is 12.7. The number of aryl methyl sites for hydroxylation is 1. The van der Waals surface area contributed by atoms with Crippen LogP contribution in [-0.4, -0.2) is 27.8 Å². The molecule has 0 fully saturated rings. The smallest absolute Gasteiger partial charge is 0.191 e. The number of benzene rings is 2. The van der Waals surface area contributed by atoms with Crippen LogP contribution in [0.15, 0.2) is 59.9 Å². The number of halogens is 2. The molecule has 142 valence electrons. The van der Waals surface area contributed by atoms with Crippen LogP contribution < -0.4 is 10.6 Å². The fourth-order valence-corrected chi connectivity index (χ4v) is 2.75. The van der Waals surface area contributed by atoms with Crippen molar-refractivity contribution in [3.8, 4) is 11.1 Å². The fourth-order valence-electron chi connectivity index (χ4n) is 2.63. The Hall–Kier alpha value is -2.13. The molecular formula is C19H22ClIN6. The number of aromatic nitrogens is 3. The molecule has 0 amide bonds. The van der Waals surface area contributed by atoms with E-state index in [0.717, 1.165) is 16.4 Å². The molecule has 0 aliphatic carbocycles. The Morgan fingerprint density at radius 1 is 1.07 bits per heavy atom. The van der Waals surface area contributed by atoms with Crippen LogP contribution in [0.25, 0.3) is 11.1 Å². The summed E-state index contributed by atoms with van der Waals surface area (Å²) in [6.07, 6.45) is 1.54. The topological polar surface area (TPSA) is 67.1 Å². The minimum Gasteiger partial charge on any atom is -0.352 e. The maximum absolute atomic E-state index is 6.00. The van der Waals surface area contributed by atoms with E-state index < -0.39 is 0 Å². The summed E-state index contributed by atoms with van der Waals surface area (Å²) in [5.74, 6) is 1.55. The van der Waals surface area contributed by atoms with Crippen LogP contribution >= 0.6 is 35.6 Å². The summed E-state index contributed by atoms with van der Waals surface area (Å²) in [7, 11) is 3.61. The van der Waals surface area contributed by atoms with Crippen molar-refractivity contribution in [3.05, 3.63) is 71.3 Å². The fraction of sp³-hybridized carbons (Fsp3) is 0.211. The Kier molecular flexibility index (Phi) is 8.05. The lowest BCUT2D eigenvalue weighted by Gasteiger charge is -2.14. The van der Waals surface area contributed by atoms with Gasteiger partial charge in [0.25, 0.3) is 0 Å². The molecule has 6 nitrogen and oxygen atoms in total. The minimum absolute atomic E-state index is 0. The summed E-state index contributed by atoms with van der Waals surface area (Å²) in [6, 6.07) is 16.2. The molecule has 2 aromatic carbocycles. The Balaban J connectivity index is 0.00000261. The van der Waals surface area contributed by atoms with Crippen molar-refractivity contribution in [1.29, 1.82) is 0 Å². The first kappa shape index (κ1) is 21.2. The van der Waals surface area contributed by atoms with E-state index in [0.29, 0.717) is 19.0 Å². The number of guanidine groups is 1. The summed E-state index contributed by atoms with van der Waals surface area (Å²) in [6.45, 7) is 1.20. The van der Waals surface area contributed by atoms with E-state index in [1.807, 2.05) is 43.4 Å². The molecule has 1 aromatic heterocycles. The van der Waals surface area contributed by atoms with Crippen LogP contribution in [0.3, 0.4) is 0 Å². The highest BCUT2D eigenvalue weighted by Crippen LogP contribution is 2.25. The molecule has 0 spiro atoms. The molecule has 1 heterocycles. The molecule has 0 aliphatic rings. The van der Waals surface area contributed by atoms with Gasteiger partial charge in [-0.15, -0.1) is 24.0 Å². The summed E-state index contributed by atoms with van der Waals surface area (Å²) in [4.78, 5) is 8.46. The number of nitrogens with one attached hydrogen (secondary N) is 2. The zero-order chi connectivity index (χ0) is 18.4. The monoisotopic (exact) mass is 496 g/mol. The zero-order valence-corrected chi connectivity index (χ0v) is 18.3. The van der Waals surface area contributed by atoms with Gasteiger partial charge in [-0.25, -0.2) is 4.98 Å². The summed E-state index contributed by atoms with van der Waals surface area (Å²) in [5.41, 5.74) is 3.48. The molecule has 2 N–H and O–H groups in total. The van der Waals surface area contributed by atoms with Crippen molar-refractivity contribution in [1.82, 2.24) is 25.4 Å². The van der Waals surface area contributed by atoms with Crippen LogP contribution in [0.2, 0.25) is 5.02 Å². The Morgan fingerprint density at radius 2 is 1.78 bits per heavy atom. The van der Waals surface area contributed by atoms with Crippen molar-refractivity contribution in [2.75, 3.05) is 7.05 Å². The van der Waals surface area contributed by atoms with Crippen molar-refractivity contribution >= 4 is 41.5 Å². The van der Waals surface area contributed by atoms with Gasteiger partial charge in [-0.05, 0) is 28.8 Å². The van der Waals surface area contributed by atoms with Gasteiger partial charge in [0.1, 0.15) is 12.2 Å². The lowest BCUT2D eigenvalue weighted by Crippen LogP contribution is -2.37. The van der Waals surface area contributed by atoms with E-state index in [1.165, 1.54) is 17.5 Å². The number of hydrogen-bond donors (Lipinski definition) is 2. The number of rotatable bonds is 5. The molecule has 0 saturated carbocycles. The van der Waals surface area contributed by atoms with E-state index in [2.05, 4.69) is 37.8 Å². The lowest BCUT2D eigenvalue weighted by molar-refractivity contribution is 0.673. The standard InChI is InChI=1S/C19H21ClN6.HI/c1-21-19(23-12-18-24-13-25-26(18)2)22-11-15-5-3-4-6-17(15)14-7-9-16(20)10-8-14;/h3-10,13H,11-12H2,1-2H3,(H2,21,22,23);1H. The van der Waals surface area contributed by atoms with E-state index in [1.54, 1.807) is 11.7 Å². The van der Waals surface area contributed by atoms with Gasteiger partial charge >= 0.3 is 0 Å². The normalized spacial score (nSPS) is 11.0. The number of hydrogen-bond acceptors (Lipinski definition) is 3. The van der Waals surface area contributed by atoms with Crippen LogP contribution in [-0.2, 0) is 20.1 Å². The summed E-state index contributed by atoms with van der Waals surface area (Å²) < 4.78 is 1.73. The van der Waals surface area contributed by atoms with Gasteiger partial charge in [0.05, 0.1) is 6.54 Å². The molecule has 27 heavy (non-hydrogen) atoms. The number of nitrogens with zero attached hydrogens (tertiary/aromatic N) is 4. The highest BCUT2D eigenvalue weighted by Gasteiger charge is 2.07. The van der Waals surface area contributed by atoms with Crippen LogP contribution in [0, 0.1) is 0 Å². The third-order valence-electron chi connectivity index (χ3n) is 4.06. The predicted octanol–water partition coefficient (Wildman–Crippen LogP) is 3.62. The van der Waals surface area contributed by atoms with E-state index in [9.17, 15) is 0 Å². The molecule has 0 saturated heterocycles. The van der Waals surface area contributed by atoms with E-state index >= 15 is 0 Å². The van der Waals surface area contributed by atoms with Gasteiger partial charge < -0.3 is 10.6 Å². The average Bonchev–Trinajstić information content (AvgIpc) is 3.08. The zero-order valence-electron chi connectivity index (χ0n) is 15.2. The maximum atomic E-state index is 6.00. The number of aliphatic imine (C=N–C) groups is 1. The minimum atomic E-state index is 0. The van der Waals surface area contributed by atoms with Crippen LogP contribution in [0.5, 0.6) is 0 Å². The Bertz CT molecular complexity index is 891. The molecule has 0 radical (unpaired) electrons. The van der Waals surface area contributed by atoms with Crippen molar-refractivity contribution < 1.29 is 0 Å². The molecular weight excluding hydrogens is 475 g/mol. The van der Waals surface area contributed by atoms with Gasteiger partial charge in [0.15, 0.2) is 5.96 Å². The van der Waals surface area contributed by atoms with Gasteiger partial charge in [0, 0.05) is 25.7 Å². The van der Waals surface area contributed by atoms with E-state index in [4.69, 9.17) is 11.6 Å². The first-order valence-corrected chi connectivity index (χ1v) is 8.66. The van der Waals surface area contributed by atoms with Crippen LogP contribution in [0.1, 0.15) is 11.4 Å². The SMILES string of the molecule is CN=C(NCc1ccccc1-c1ccc(Cl)cc1)NCc1ncnn1C.I. The Morgan fingerprint density at radius 3 is 2.44 bits per heavy atom. The van der Waals surface area contributed by atoms with Crippen molar-refractivity contribution in [3.63, 3.8) is 0 Å². The molecule has 0 atom stereocenters. The molecule has 3 aromatic rings. The van der Waals surface area contributed by atoms with Gasteiger partial charge in [-0.3, -0.25) is 9.67 Å². The second-order valence-electron chi connectivity index (χ2n) is 5.74. The van der Waals surface area contributed by atoms with Crippen LogP contribution in [0.4, 0.5) is 0 Å². The quantitative estimate of drug-likeness (QED) is 0.322. The molecule has 0 bridgehead atoms. The largest absolute Gasteiger partial charge is 0.352 e. The molecule has 0 unspecified atom stereocenters. The summed E-state index contributed by atoms with van der Waals surface area (Å²) >= 11 is 6.00. The van der Waals surface area contributed by atoms with Gasteiger partial charge in [0.2, 0.25) is 0 Å². The second-order valence-corrected chi connectivity index (χ2v) is 6.18. The third kappa shape index (κ3) is 5.67. The highest BCUT2D eigenvalue weighted by atomic mass is 127. The van der Waals surface area contributed by atoms with Crippen molar-refractivity contribution in [2.45, 2.75) is 13.1 Å². The van der Waals surface area contributed by atoms with Crippen molar-refractivity contribution in [2.24, 2.45) is 12.0 Å².